The maximum Gasteiger partial charge on any atom is 0.137 e. The van der Waals surface area contributed by atoms with Gasteiger partial charge in [-0.05, 0) is 59.2 Å². The summed E-state index contributed by atoms with van der Waals surface area (Å²) >= 11 is 1.84. The zero-order valence-electron chi connectivity index (χ0n) is 24.4. The molecule has 3 heteroatoms. The number of hydrogen-bond acceptors (Lipinski definition) is 3. The number of fused-ring (bicyclic) bond motifs is 6. The van der Waals surface area contributed by atoms with E-state index in [0.717, 1.165) is 39.0 Å². The summed E-state index contributed by atoms with van der Waals surface area (Å²) in [5.74, 6) is 0. The van der Waals surface area contributed by atoms with E-state index in [1.165, 1.54) is 42.4 Å². The highest BCUT2D eigenvalue weighted by atomic mass is 32.1. The van der Waals surface area contributed by atoms with Gasteiger partial charge in [0, 0.05) is 48.3 Å². The molecule has 0 bridgehead atoms. The van der Waals surface area contributed by atoms with Gasteiger partial charge in [0.25, 0.3) is 0 Å². The maximum absolute atomic E-state index is 6.40. The second-order valence-electron chi connectivity index (χ2n) is 11.3. The van der Waals surface area contributed by atoms with Crippen molar-refractivity contribution in [3.63, 3.8) is 0 Å². The minimum absolute atomic E-state index is 0.880. The zero-order valence-corrected chi connectivity index (χ0v) is 25.2. The van der Waals surface area contributed by atoms with Crippen molar-refractivity contribution < 1.29 is 4.42 Å². The van der Waals surface area contributed by atoms with Gasteiger partial charge in [-0.1, -0.05) is 115 Å². The topological polar surface area (TPSA) is 16.4 Å². The predicted octanol–water partition coefficient (Wildman–Crippen LogP) is 12.8. The molecule has 0 spiro atoms. The number of hydrogen-bond donors (Lipinski definition) is 0. The van der Waals surface area contributed by atoms with Crippen molar-refractivity contribution in [1.82, 2.24) is 0 Å². The Hall–Kier alpha value is -5.64. The average Bonchev–Trinajstić information content (AvgIpc) is 3.68. The van der Waals surface area contributed by atoms with Crippen LogP contribution in [-0.2, 0) is 0 Å². The number of benzene rings is 7. The van der Waals surface area contributed by atoms with Gasteiger partial charge in [0.1, 0.15) is 11.2 Å². The van der Waals surface area contributed by atoms with E-state index in [2.05, 4.69) is 157 Å². The van der Waals surface area contributed by atoms with Crippen LogP contribution in [0.1, 0.15) is 0 Å². The van der Waals surface area contributed by atoms with Crippen molar-refractivity contribution in [2.45, 2.75) is 0 Å². The molecule has 2 heterocycles. The van der Waals surface area contributed by atoms with Gasteiger partial charge in [-0.2, -0.15) is 0 Å². The van der Waals surface area contributed by atoms with Gasteiger partial charge in [-0.3, -0.25) is 0 Å². The number of nitrogens with zero attached hydrogens (tertiary/aromatic N) is 1. The molecule has 0 amide bonds. The third-order valence-electron chi connectivity index (χ3n) is 8.69. The van der Waals surface area contributed by atoms with E-state index in [4.69, 9.17) is 4.42 Å². The fraction of sp³-hybridized carbons (Fsp3) is 0. The third-order valence-corrected chi connectivity index (χ3v) is 9.83. The summed E-state index contributed by atoms with van der Waals surface area (Å²) in [5, 5.41) is 4.79. The highest BCUT2D eigenvalue weighted by Crippen LogP contribution is 2.48. The molecule has 9 aromatic rings. The van der Waals surface area contributed by atoms with Crippen LogP contribution >= 0.6 is 11.3 Å². The number of thiophene rings is 1. The van der Waals surface area contributed by atoms with Gasteiger partial charge < -0.3 is 9.32 Å². The van der Waals surface area contributed by atoms with E-state index in [0.29, 0.717) is 0 Å². The Morgan fingerprint density at radius 3 is 1.96 bits per heavy atom. The number of rotatable bonds is 5. The van der Waals surface area contributed by atoms with Crippen molar-refractivity contribution in [2.24, 2.45) is 0 Å². The minimum atomic E-state index is 0.880. The van der Waals surface area contributed by atoms with Crippen LogP contribution in [0.2, 0.25) is 0 Å². The second kappa shape index (κ2) is 10.5. The summed E-state index contributed by atoms with van der Waals surface area (Å²) in [6.07, 6.45) is 0. The quantitative estimate of drug-likeness (QED) is 0.197. The van der Waals surface area contributed by atoms with Crippen molar-refractivity contribution in [3.8, 4) is 22.3 Å². The Morgan fingerprint density at radius 2 is 1.07 bits per heavy atom. The first kappa shape index (κ1) is 25.8. The molecule has 9 rings (SSSR count). The van der Waals surface area contributed by atoms with Crippen molar-refractivity contribution in [2.75, 3.05) is 4.90 Å². The molecule has 2 nitrogen and oxygen atoms in total. The lowest BCUT2D eigenvalue weighted by molar-refractivity contribution is 0.669. The molecular formula is C42H27NOS. The standard InChI is InChI=1S/C42H27NOS/c1-2-11-28(12-3-1)29-21-23-30(24-22-29)32-13-4-7-16-36(32)43(31-25-26-34-33-14-5-8-18-38(33)44-39(34)27-31)37-17-10-20-41-42(37)35-15-6-9-19-40(35)45-41/h1-27H. The summed E-state index contributed by atoms with van der Waals surface area (Å²) < 4.78 is 8.96. The van der Waals surface area contributed by atoms with E-state index >= 15 is 0 Å². The monoisotopic (exact) mass is 593 g/mol. The zero-order chi connectivity index (χ0) is 29.7. The van der Waals surface area contributed by atoms with E-state index < -0.39 is 0 Å². The second-order valence-corrected chi connectivity index (χ2v) is 12.4. The van der Waals surface area contributed by atoms with E-state index in [9.17, 15) is 0 Å². The summed E-state index contributed by atoms with van der Waals surface area (Å²) in [4.78, 5) is 2.41. The number of anilines is 3. The first-order valence-electron chi connectivity index (χ1n) is 15.2. The molecule has 0 aliphatic rings. The molecule has 7 aromatic carbocycles. The third kappa shape index (κ3) is 4.32. The van der Waals surface area contributed by atoms with Crippen LogP contribution in [0.15, 0.2) is 168 Å². The molecule has 0 aliphatic heterocycles. The molecular weight excluding hydrogens is 567 g/mol. The molecule has 0 aliphatic carbocycles. The van der Waals surface area contributed by atoms with Crippen molar-refractivity contribution in [1.29, 1.82) is 0 Å². The molecule has 0 radical (unpaired) electrons. The molecule has 0 unspecified atom stereocenters. The predicted molar refractivity (Wildman–Crippen MR) is 192 cm³/mol. The highest BCUT2D eigenvalue weighted by Gasteiger charge is 2.22. The van der Waals surface area contributed by atoms with Crippen LogP contribution in [0.3, 0.4) is 0 Å². The van der Waals surface area contributed by atoms with Crippen LogP contribution in [-0.4, -0.2) is 0 Å². The maximum atomic E-state index is 6.40. The van der Waals surface area contributed by atoms with Gasteiger partial charge in [0.2, 0.25) is 0 Å². The summed E-state index contributed by atoms with van der Waals surface area (Å²) in [7, 11) is 0. The van der Waals surface area contributed by atoms with Gasteiger partial charge in [-0.15, -0.1) is 11.3 Å². The normalized spacial score (nSPS) is 11.6. The Bertz CT molecular complexity index is 2490. The Balaban J connectivity index is 1.29. The van der Waals surface area contributed by atoms with Crippen molar-refractivity contribution >= 4 is 70.5 Å². The van der Waals surface area contributed by atoms with Crippen LogP contribution in [0.4, 0.5) is 17.1 Å². The number of para-hydroxylation sites is 2. The molecule has 212 valence electrons. The minimum Gasteiger partial charge on any atom is -0.456 e. The SMILES string of the molecule is c1ccc(-c2ccc(-c3ccccc3N(c3ccc4c(c3)oc3ccccc34)c3cccc4sc5ccccc5c34)cc2)cc1. The largest absolute Gasteiger partial charge is 0.456 e. The van der Waals surface area contributed by atoms with Gasteiger partial charge in [-0.25, -0.2) is 0 Å². The Morgan fingerprint density at radius 1 is 0.422 bits per heavy atom. The molecule has 0 saturated heterocycles. The molecule has 0 saturated carbocycles. The fourth-order valence-corrected chi connectivity index (χ4v) is 7.72. The van der Waals surface area contributed by atoms with Crippen LogP contribution in [0.5, 0.6) is 0 Å². The lowest BCUT2D eigenvalue weighted by Crippen LogP contribution is -2.11. The molecule has 0 N–H and O–H groups in total. The van der Waals surface area contributed by atoms with Gasteiger partial charge in [0.15, 0.2) is 0 Å². The van der Waals surface area contributed by atoms with Crippen LogP contribution < -0.4 is 4.90 Å². The molecule has 45 heavy (non-hydrogen) atoms. The Kier molecular flexibility index (Phi) is 6.03. The highest BCUT2D eigenvalue weighted by molar-refractivity contribution is 7.26. The molecule has 0 atom stereocenters. The van der Waals surface area contributed by atoms with Crippen LogP contribution in [0, 0.1) is 0 Å². The first-order valence-corrected chi connectivity index (χ1v) is 16.0. The van der Waals surface area contributed by atoms with Gasteiger partial charge in [0.05, 0.1) is 11.4 Å². The Labute approximate surface area is 265 Å². The average molecular weight is 594 g/mol. The summed E-state index contributed by atoms with van der Waals surface area (Å²) in [5.41, 5.74) is 9.86. The molecule has 2 aromatic heterocycles. The smallest absolute Gasteiger partial charge is 0.137 e. The van der Waals surface area contributed by atoms with Crippen LogP contribution in [0.25, 0.3) is 64.4 Å². The molecule has 0 fully saturated rings. The first-order chi connectivity index (χ1) is 22.3. The number of furan rings is 1. The van der Waals surface area contributed by atoms with E-state index in [1.807, 2.05) is 23.5 Å². The van der Waals surface area contributed by atoms with Crippen molar-refractivity contribution in [3.05, 3.63) is 164 Å². The summed E-state index contributed by atoms with van der Waals surface area (Å²) in [6.45, 7) is 0. The van der Waals surface area contributed by atoms with E-state index in [-0.39, 0.29) is 0 Å². The van der Waals surface area contributed by atoms with Gasteiger partial charge >= 0.3 is 0 Å². The fourth-order valence-electron chi connectivity index (χ4n) is 6.59. The lowest BCUT2D eigenvalue weighted by Gasteiger charge is -2.28. The lowest BCUT2D eigenvalue weighted by atomic mass is 9.98. The van der Waals surface area contributed by atoms with E-state index in [1.54, 1.807) is 0 Å². The summed E-state index contributed by atoms with van der Waals surface area (Å²) in [6, 6.07) is 58.5.